The summed E-state index contributed by atoms with van der Waals surface area (Å²) < 4.78 is 32.1. The second-order valence-electron chi connectivity index (χ2n) is 4.14. The Balaban J connectivity index is 3.06. The lowest BCUT2D eigenvalue weighted by Crippen LogP contribution is -2.20. The molecular formula is C12H14F2O3. The van der Waals surface area contributed by atoms with Crippen LogP contribution in [0.2, 0.25) is 0 Å². The van der Waals surface area contributed by atoms with Gasteiger partial charge in [0.1, 0.15) is 0 Å². The predicted molar refractivity (Wildman–Crippen MR) is 58.2 cm³/mol. The van der Waals surface area contributed by atoms with Crippen LogP contribution in [0.3, 0.4) is 0 Å². The van der Waals surface area contributed by atoms with Crippen LogP contribution in [-0.4, -0.2) is 17.2 Å². The van der Waals surface area contributed by atoms with E-state index in [4.69, 9.17) is 9.84 Å². The van der Waals surface area contributed by atoms with Gasteiger partial charge in [0.25, 0.3) is 0 Å². The molecule has 0 saturated carbocycles. The van der Waals surface area contributed by atoms with E-state index in [1.807, 2.05) is 13.8 Å². The zero-order valence-corrected chi connectivity index (χ0v) is 9.83. The van der Waals surface area contributed by atoms with Gasteiger partial charge in [0.2, 0.25) is 0 Å². The van der Waals surface area contributed by atoms with E-state index in [0.717, 1.165) is 12.1 Å². The van der Waals surface area contributed by atoms with E-state index in [1.54, 1.807) is 6.92 Å². The van der Waals surface area contributed by atoms with Crippen LogP contribution in [0, 0.1) is 17.6 Å². The molecular weight excluding hydrogens is 230 g/mol. The van der Waals surface area contributed by atoms with Gasteiger partial charge in [-0.2, -0.15) is 0 Å². The van der Waals surface area contributed by atoms with Gasteiger partial charge in [0.05, 0.1) is 11.7 Å². The summed E-state index contributed by atoms with van der Waals surface area (Å²) in [5.74, 6) is -3.83. The third-order valence-corrected chi connectivity index (χ3v) is 2.49. The molecule has 1 aromatic rings. The van der Waals surface area contributed by atoms with E-state index in [9.17, 15) is 13.6 Å². The van der Waals surface area contributed by atoms with Gasteiger partial charge in [0, 0.05) is 0 Å². The summed E-state index contributed by atoms with van der Waals surface area (Å²) >= 11 is 0. The highest BCUT2D eigenvalue weighted by atomic mass is 19.1. The van der Waals surface area contributed by atoms with E-state index in [1.165, 1.54) is 0 Å². The highest BCUT2D eigenvalue weighted by Crippen LogP contribution is 2.25. The van der Waals surface area contributed by atoms with Gasteiger partial charge in [0.15, 0.2) is 17.4 Å². The van der Waals surface area contributed by atoms with Gasteiger partial charge in [-0.25, -0.2) is 13.6 Å². The Morgan fingerprint density at radius 1 is 1.24 bits per heavy atom. The second-order valence-corrected chi connectivity index (χ2v) is 4.14. The molecule has 1 atom stereocenters. The highest BCUT2D eigenvalue weighted by molar-refractivity contribution is 5.87. The van der Waals surface area contributed by atoms with Crippen molar-refractivity contribution in [3.8, 4) is 5.75 Å². The Labute approximate surface area is 98.0 Å². The molecule has 1 aromatic carbocycles. The highest BCUT2D eigenvalue weighted by Gasteiger charge is 2.19. The molecule has 0 amide bonds. The van der Waals surface area contributed by atoms with Crippen molar-refractivity contribution in [1.82, 2.24) is 0 Å². The maximum Gasteiger partial charge on any atom is 0.335 e. The average molecular weight is 244 g/mol. The molecule has 0 spiro atoms. The van der Waals surface area contributed by atoms with E-state index >= 15 is 0 Å². The smallest absolute Gasteiger partial charge is 0.335 e. The molecule has 1 N–H and O–H groups in total. The van der Waals surface area contributed by atoms with Gasteiger partial charge in [-0.05, 0) is 25.0 Å². The number of aromatic carboxylic acids is 1. The third kappa shape index (κ3) is 3.15. The number of rotatable bonds is 4. The fourth-order valence-electron chi connectivity index (χ4n) is 1.12. The number of hydrogen-bond donors (Lipinski definition) is 1. The number of halogens is 2. The maximum atomic E-state index is 13.5. The minimum absolute atomic E-state index is 0.0907. The molecule has 0 aliphatic rings. The number of carboxylic acids is 1. The second kappa shape index (κ2) is 5.12. The number of carbonyl (C=O) groups is 1. The van der Waals surface area contributed by atoms with Crippen LogP contribution in [0.15, 0.2) is 12.1 Å². The fourth-order valence-corrected chi connectivity index (χ4v) is 1.12. The quantitative estimate of drug-likeness (QED) is 0.885. The molecule has 0 bridgehead atoms. The molecule has 5 heteroatoms. The molecule has 1 unspecified atom stereocenters. The van der Waals surface area contributed by atoms with Crippen molar-refractivity contribution in [2.45, 2.75) is 26.9 Å². The zero-order chi connectivity index (χ0) is 13.2. The normalized spacial score (nSPS) is 12.6. The molecule has 0 heterocycles. The Kier molecular flexibility index (Phi) is 4.04. The molecule has 0 aliphatic heterocycles. The number of hydrogen-bond acceptors (Lipinski definition) is 2. The van der Waals surface area contributed by atoms with Crippen LogP contribution in [-0.2, 0) is 0 Å². The Morgan fingerprint density at radius 3 is 2.06 bits per heavy atom. The van der Waals surface area contributed by atoms with Gasteiger partial charge in [-0.15, -0.1) is 0 Å². The lowest BCUT2D eigenvalue weighted by Gasteiger charge is -2.19. The lowest BCUT2D eigenvalue weighted by molar-refractivity contribution is 0.0695. The molecule has 0 radical (unpaired) electrons. The fraction of sp³-hybridized carbons (Fsp3) is 0.417. The standard InChI is InChI=1S/C12H14F2O3/c1-6(2)7(3)17-11-9(13)4-8(12(15)16)5-10(11)14/h4-7H,1-3H3,(H,15,16). The van der Waals surface area contributed by atoms with Gasteiger partial charge < -0.3 is 9.84 Å². The summed E-state index contributed by atoms with van der Waals surface area (Å²) in [6.45, 7) is 5.40. The predicted octanol–water partition coefficient (Wildman–Crippen LogP) is 3.09. The van der Waals surface area contributed by atoms with Crippen LogP contribution < -0.4 is 4.74 Å². The Bertz CT molecular complexity index is 407. The molecule has 1 rings (SSSR count). The summed E-state index contributed by atoms with van der Waals surface area (Å²) in [5, 5.41) is 8.62. The average Bonchev–Trinajstić information content (AvgIpc) is 2.22. The molecule has 17 heavy (non-hydrogen) atoms. The van der Waals surface area contributed by atoms with Crippen LogP contribution in [0.4, 0.5) is 8.78 Å². The molecule has 3 nitrogen and oxygen atoms in total. The zero-order valence-electron chi connectivity index (χ0n) is 9.83. The lowest BCUT2D eigenvalue weighted by atomic mass is 10.1. The van der Waals surface area contributed by atoms with Gasteiger partial charge in [-0.1, -0.05) is 13.8 Å². The van der Waals surface area contributed by atoms with Crippen LogP contribution >= 0.6 is 0 Å². The summed E-state index contributed by atoms with van der Waals surface area (Å²) in [4.78, 5) is 10.6. The van der Waals surface area contributed by atoms with E-state index < -0.39 is 28.9 Å². The summed E-state index contributed by atoms with van der Waals surface area (Å²) in [6, 6.07) is 1.49. The van der Waals surface area contributed by atoms with Crippen molar-refractivity contribution in [2.24, 2.45) is 5.92 Å². The van der Waals surface area contributed by atoms with Crippen molar-refractivity contribution >= 4 is 5.97 Å². The van der Waals surface area contributed by atoms with Crippen LogP contribution in [0.1, 0.15) is 31.1 Å². The largest absolute Gasteiger partial charge is 0.484 e. The summed E-state index contributed by atoms with van der Waals surface area (Å²) in [6.07, 6.45) is -0.366. The van der Waals surface area contributed by atoms with E-state index in [-0.39, 0.29) is 12.0 Å². The molecule has 94 valence electrons. The van der Waals surface area contributed by atoms with Crippen LogP contribution in [0.5, 0.6) is 5.75 Å². The minimum atomic E-state index is -1.38. The Morgan fingerprint density at radius 2 is 1.71 bits per heavy atom. The van der Waals surface area contributed by atoms with E-state index in [0.29, 0.717) is 0 Å². The SMILES string of the molecule is CC(C)C(C)Oc1c(F)cc(C(=O)O)cc1F. The van der Waals surface area contributed by atoms with Crippen molar-refractivity contribution in [3.05, 3.63) is 29.3 Å². The number of ether oxygens (including phenoxy) is 1. The molecule has 0 aromatic heterocycles. The van der Waals surface area contributed by atoms with Gasteiger partial charge >= 0.3 is 5.97 Å². The first-order valence-corrected chi connectivity index (χ1v) is 5.22. The van der Waals surface area contributed by atoms with E-state index in [2.05, 4.69) is 0 Å². The van der Waals surface area contributed by atoms with Crippen molar-refractivity contribution in [3.63, 3.8) is 0 Å². The molecule has 0 fully saturated rings. The molecule has 0 aliphatic carbocycles. The number of benzene rings is 1. The first-order chi connectivity index (χ1) is 7.82. The third-order valence-electron chi connectivity index (χ3n) is 2.49. The number of carboxylic acid groups (broad SMARTS) is 1. The maximum absolute atomic E-state index is 13.5. The minimum Gasteiger partial charge on any atom is -0.484 e. The van der Waals surface area contributed by atoms with Crippen molar-refractivity contribution < 1.29 is 23.4 Å². The monoisotopic (exact) mass is 244 g/mol. The summed E-state index contributed by atoms with van der Waals surface area (Å²) in [7, 11) is 0. The summed E-state index contributed by atoms with van der Waals surface area (Å²) in [5.41, 5.74) is -0.440. The Hall–Kier alpha value is -1.65. The van der Waals surface area contributed by atoms with Crippen LogP contribution in [0.25, 0.3) is 0 Å². The topological polar surface area (TPSA) is 46.5 Å². The van der Waals surface area contributed by atoms with Gasteiger partial charge in [-0.3, -0.25) is 0 Å². The molecule has 0 saturated heterocycles. The first-order valence-electron chi connectivity index (χ1n) is 5.22. The van der Waals surface area contributed by atoms with Crippen molar-refractivity contribution in [2.75, 3.05) is 0 Å². The first kappa shape index (κ1) is 13.4. The van der Waals surface area contributed by atoms with Crippen molar-refractivity contribution in [1.29, 1.82) is 0 Å².